The Balaban J connectivity index is 2.22. The molecule has 0 aliphatic carbocycles. The molecule has 104 valence electrons. The summed E-state index contributed by atoms with van der Waals surface area (Å²) in [5, 5.41) is 12.9. The van der Waals surface area contributed by atoms with Gasteiger partial charge in [0.2, 0.25) is 0 Å². The van der Waals surface area contributed by atoms with Gasteiger partial charge in [-0.3, -0.25) is 0 Å². The van der Waals surface area contributed by atoms with Crippen molar-refractivity contribution < 1.29 is 9.90 Å². The third-order valence-corrected chi connectivity index (χ3v) is 3.45. The van der Waals surface area contributed by atoms with Crippen molar-refractivity contribution in [3.05, 3.63) is 57.7 Å². The Hall–Kier alpha value is -1.78. The molecule has 0 amide bonds. The van der Waals surface area contributed by atoms with Gasteiger partial charge < -0.3 is 10.4 Å². The molecule has 4 nitrogen and oxygen atoms in total. The van der Waals surface area contributed by atoms with E-state index in [-0.39, 0.29) is 16.6 Å². The van der Waals surface area contributed by atoms with Crippen LogP contribution in [0.5, 0.6) is 0 Å². The summed E-state index contributed by atoms with van der Waals surface area (Å²) in [6.45, 7) is 1.92. The van der Waals surface area contributed by atoms with Crippen molar-refractivity contribution in [1.82, 2.24) is 4.98 Å². The van der Waals surface area contributed by atoms with E-state index in [1.165, 1.54) is 12.3 Å². The van der Waals surface area contributed by atoms with E-state index in [4.69, 9.17) is 28.3 Å². The quantitative estimate of drug-likeness (QED) is 0.885. The number of hydrogen-bond donors (Lipinski definition) is 2. The molecular formula is C14H12Cl2N2O2. The number of benzene rings is 1. The van der Waals surface area contributed by atoms with Crippen molar-refractivity contribution in [2.75, 3.05) is 5.32 Å². The van der Waals surface area contributed by atoms with Crippen molar-refractivity contribution >= 4 is 35.0 Å². The molecule has 1 aromatic carbocycles. The monoisotopic (exact) mass is 310 g/mol. The van der Waals surface area contributed by atoms with Crippen LogP contribution in [0, 0.1) is 0 Å². The molecule has 6 heteroatoms. The highest BCUT2D eigenvalue weighted by Gasteiger charge is 2.13. The van der Waals surface area contributed by atoms with Crippen LogP contribution in [0.25, 0.3) is 0 Å². The Morgan fingerprint density at radius 2 is 2.00 bits per heavy atom. The fraction of sp³-hybridized carbons (Fsp3) is 0.143. The topological polar surface area (TPSA) is 62.2 Å². The van der Waals surface area contributed by atoms with Crippen molar-refractivity contribution in [3.8, 4) is 0 Å². The summed E-state index contributed by atoms with van der Waals surface area (Å²) >= 11 is 12.1. The number of hydrogen-bond acceptors (Lipinski definition) is 3. The van der Waals surface area contributed by atoms with Gasteiger partial charge in [-0.2, -0.15) is 0 Å². The van der Waals surface area contributed by atoms with Gasteiger partial charge in [-0.05, 0) is 24.6 Å². The fourth-order valence-corrected chi connectivity index (χ4v) is 2.29. The average Bonchev–Trinajstić information content (AvgIpc) is 2.41. The van der Waals surface area contributed by atoms with Crippen LogP contribution < -0.4 is 5.32 Å². The van der Waals surface area contributed by atoms with E-state index in [0.717, 1.165) is 5.56 Å². The molecule has 0 bridgehead atoms. The van der Waals surface area contributed by atoms with Crippen LogP contribution in [-0.4, -0.2) is 16.1 Å². The molecule has 1 heterocycles. The number of aromatic nitrogens is 1. The highest BCUT2D eigenvalue weighted by molar-refractivity contribution is 6.33. The molecule has 0 saturated carbocycles. The molecule has 0 aliphatic heterocycles. The van der Waals surface area contributed by atoms with E-state index in [2.05, 4.69) is 10.3 Å². The molecule has 0 aliphatic rings. The Kier molecular flexibility index (Phi) is 4.47. The second-order valence-corrected chi connectivity index (χ2v) is 5.06. The molecule has 1 unspecified atom stereocenters. The number of rotatable bonds is 4. The summed E-state index contributed by atoms with van der Waals surface area (Å²) in [5.74, 6) is -0.644. The Bertz CT molecular complexity index is 647. The fourth-order valence-electron chi connectivity index (χ4n) is 1.77. The van der Waals surface area contributed by atoms with Gasteiger partial charge in [0.15, 0.2) is 0 Å². The van der Waals surface area contributed by atoms with E-state index in [1.807, 2.05) is 25.1 Å². The van der Waals surface area contributed by atoms with Crippen molar-refractivity contribution in [1.29, 1.82) is 0 Å². The Morgan fingerprint density at radius 3 is 2.60 bits per heavy atom. The van der Waals surface area contributed by atoms with E-state index >= 15 is 0 Å². The number of aromatic carboxylic acids is 1. The lowest BCUT2D eigenvalue weighted by atomic mass is 10.1. The second kappa shape index (κ2) is 6.11. The van der Waals surface area contributed by atoms with Gasteiger partial charge >= 0.3 is 5.97 Å². The number of carboxylic acids is 1. The molecule has 2 aromatic rings. The lowest BCUT2D eigenvalue weighted by molar-refractivity contribution is 0.0696. The lowest BCUT2D eigenvalue weighted by Crippen LogP contribution is -2.09. The van der Waals surface area contributed by atoms with Gasteiger partial charge in [-0.15, -0.1) is 0 Å². The van der Waals surface area contributed by atoms with E-state index in [0.29, 0.717) is 10.8 Å². The van der Waals surface area contributed by atoms with Crippen LogP contribution >= 0.6 is 23.2 Å². The maximum atomic E-state index is 10.8. The molecule has 2 N–H and O–H groups in total. The number of carbonyl (C=O) groups is 1. The van der Waals surface area contributed by atoms with Crippen molar-refractivity contribution in [2.45, 2.75) is 13.0 Å². The van der Waals surface area contributed by atoms with Gasteiger partial charge in [0.1, 0.15) is 5.82 Å². The van der Waals surface area contributed by atoms with Crippen LogP contribution in [-0.2, 0) is 0 Å². The minimum atomic E-state index is -1.06. The Morgan fingerprint density at radius 1 is 1.30 bits per heavy atom. The van der Waals surface area contributed by atoms with Gasteiger partial charge in [0.05, 0.1) is 16.6 Å². The summed E-state index contributed by atoms with van der Waals surface area (Å²) < 4.78 is 0. The number of nitrogens with one attached hydrogen (secondary N) is 1. The van der Waals surface area contributed by atoms with Crippen molar-refractivity contribution in [3.63, 3.8) is 0 Å². The normalized spacial score (nSPS) is 11.9. The summed E-state index contributed by atoms with van der Waals surface area (Å²) in [6.07, 6.45) is 1.26. The van der Waals surface area contributed by atoms with Crippen LogP contribution in [0.3, 0.4) is 0 Å². The average molecular weight is 311 g/mol. The first-order valence-corrected chi connectivity index (χ1v) is 6.64. The first kappa shape index (κ1) is 14.6. The number of nitrogens with zero attached hydrogens (tertiary/aromatic N) is 1. The number of halogens is 2. The number of carboxylic acid groups (broad SMARTS) is 1. The third-order valence-electron chi connectivity index (χ3n) is 2.81. The van der Waals surface area contributed by atoms with Crippen molar-refractivity contribution in [2.24, 2.45) is 0 Å². The first-order chi connectivity index (χ1) is 9.49. The zero-order chi connectivity index (χ0) is 14.7. The zero-order valence-corrected chi connectivity index (χ0v) is 12.1. The lowest BCUT2D eigenvalue weighted by Gasteiger charge is -2.17. The first-order valence-electron chi connectivity index (χ1n) is 5.89. The molecule has 0 fully saturated rings. The smallest absolute Gasteiger partial charge is 0.337 e. The van der Waals surface area contributed by atoms with Gasteiger partial charge in [0.25, 0.3) is 0 Å². The molecule has 2 rings (SSSR count). The minimum Gasteiger partial charge on any atom is -0.478 e. The molecule has 20 heavy (non-hydrogen) atoms. The zero-order valence-electron chi connectivity index (χ0n) is 10.6. The largest absolute Gasteiger partial charge is 0.478 e. The molecule has 0 saturated heterocycles. The van der Waals surface area contributed by atoms with Gasteiger partial charge in [-0.1, -0.05) is 41.4 Å². The number of pyridine rings is 1. The third kappa shape index (κ3) is 3.21. The van der Waals surface area contributed by atoms with Crippen LogP contribution in [0.2, 0.25) is 10.0 Å². The summed E-state index contributed by atoms with van der Waals surface area (Å²) in [5.41, 5.74) is 0.959. The van der Waals surface area contributed by atoms with Gasteiger partial charge in [-0.25, -0.2) is 9.78 Å². The SMILES string of the molecule is CC(Nc1ncc(C(=O)O)cc1Cl)c1ccccc1Cl. The minimum absolute atomic E-state index is 0.0472. The molecular weight excluding hydrogens is 299 g/mol. The Labute approximate surface area is 126 Å². The van der Waals surface area contributed by atoms with Crippen LogP contribution in [0.4, 0.5) is 5.82 Å². The molecule has 1 atom stereocenters. The maximum Gasteiger partial charge on any atom is 0.337 e. The second-order valence-electron chi connectivity index (χ2n) is 4.25. The summed E-state index contributed by atoms with van der Waals surface area (Å²) in [4.78, 5) is 14.8. The summed E-state index contributed by atoms with van der Waals surface area (Å²) in [6, 6.07) is 8.70. The van der Waals surface area contributed by atoms with E-state index < -0.39 is 5.97 Å². The maximum absolute atomic E-state index is 10.8. The van der Waals surface area contributed by atoms with Crippen LogP contribution in [0.1, 0.15) is 28.9 Å². The molecule has 1 aromatic heterocycles. The highest BCUT2D eigenvalue weighted by Crippen LogP contribution is 2.28. The standard InChI is InChI=1S/C14H12Cl2N2O2/c1-8(10-4-2-3-5-11(10)15)18-13-12(16)6-9(7-17-13)14(19)20/h2-8H,1H3,(H,17,18)(H,19,20). The van der Waals surface area contributed by atoms with Gasteiger partial charge in [0, 0.05) is 11.2 Å². The summed E-state index contributed by atoms with van der Waals surface area (Å²) in [7, 11) is 0. The van der Waals surface area contributed by atoms with E-state index in [1.54, 1.807) is 6.07 Å². The number of anilines is 1. The predicted molar refractivity (Wildman–Crippen MR) is 79.7 cm³/mol. The van der Waals surface area contributed by atoms with Crippen LogP contribution in [0.15, 0.2) is 36.5 Å². The predicted octanol–water partition coefficient (Wildman–Crippen LogP) is 4.26. The van der Waals surface area contributed by atoms with E-state index in [9.17, 15) is 4.79 Å². The molecule has 0 spiro atoms. The highest BCUT2D eigenvalue weighted by atomic mass is 35.5. The molecule has 0 radical (unpaired) electrons.